The second kappa shape index (κ2) is 13.9. The maximum Gasteiger partial charge on any atom is 0.244 e. The van der Waals surface area contributed by atoms with E-state index in [4.69, 9.17) is 25.8 Å². The van der Waals surface area contributed by atoms with Gasteiger partial charge in [0.15, 0.2) is 11.5 Å². The number of carbonyl (C=O) groups excluding carboxylic acids is 1. The Hall–Kier alpha value is -4.29. The Morgan fingerprint density at radius 2 is 1.42 bits per heavy atom. The Morgan fingerprint density at radius 3 is 2.16 bits per heavy atom. The number of nitrogens with one attached hydrogen (secondary N) is 1. The van der Waals surface area contributed by atoms with Gasteiger partial charge in [-0.2, -0.15) is 5.10 Å². The largest absolute Gasteiger partial charge is 0.490 e. The third kappa shape index (κ3) is 8.11. The average molecular weight is 529 g/mol. The number of carbonyl (C=O) groups is 1. The van der Waals surface area contributed by atoms with E-state index in [9.17, 15) is 4.79 Å². The van der Waals surface area contributed by atoms with Crippen molar-refractivity contribution < 1.29 is 19.0 Å². The van der Waals surface area contributed by atoms with Crippen LogP contribution in [0.25, 0.3) is 0 Å². The Bertz CT molecular complexity index is 1360. The maximum atomic E-state index is 12.2. The van der Waals surface area contributed by atoms with Gasteiger partial charge in [-0.3, -0.25) is 4.79 Å². The summed E-state index contributed by atoms with van der Waals surface area (Å²) in [5, 5.41) is 4.63. The molecule has 194 valence electrons. The highest BCUT2D eigenvalue weighted by Crippen LogP contribution is 2.30. The fourth-order valence-corrected chi connectivity index (χ4v) is 3.85. The number of rotatable bonds is 12. The molecule has 1 amide bonds. The minimum absolute atomic E-state index is 0.213. The summed E-state index contributed by atoms with van der Waals surface area (Å²) in [5.74, 6) is 1.70. The van der Waals surface area contributed by atoms with Crippen LogP contribution in [-0.4, -0.2) is 18.7 Å². The molecule has 0 spiro atoms. The van der Waals surface area contributed by atoms with Crippen LogP contribution in [0.2, 0.25) is 5.02 Å². The Kier molecular flexibility index (Phi) is 9.76. The molecule has 38 heavy (non-hydrogen) atoms. The summed E-state index contributed by atoms with van der Waals surface area (Å²) in [6.07, 6.45) is 1.76. The van der Waals surface area contributed by atoms with Crippen molar-refractivity contribution in [3.05, 3.63) is 124 Å². The molecule has 4 aromatic carbocycles. The average Bonchev–Trinajstić information content (AvgIpc) is 2.93. The molecule has 0 bridgehead atoms. The van der Waals surface area contributed by atoms with E-state index in [1.807, 2.05) is 85.8 Å². The Morgan fingerprint density at radius 1 is 0.763 bits per heavy atom. The molecular formula is C31H29ClN2O4. The van der Waals surface area contributed by atoms with Gasteiger partial charge in [0.25, 0.3) is 0 Å². The van der Waals surface area contributed by atoms with Gasteiger partial charge in [0, 0.05) is 10.6 Å². The van der Waals surface area contributed by atoms with Crippen LogP contribution in [0.3, 0.4) is 0 Å². The molecule has 0 fully saturated rings. The quantitative estimate of drug-likeness (QED) is 0.166. The molecule has 0 aromatic heterocycles. The summed E-state index contributed by atoms with van der Waals surface area (Å²) in [4.78, 5) is 12.2. The fourth-order valence-electron chi connectivity index (χ4n) is 3.67. The highest BCUT2D eigenvalue weighted by Gasteiger charge is 2.10. The van der Waals surface area contributed by atoms with Crippen LogP contribution in [0.15, 0.2) is 102 Å². The van der Waals surface area contributed by atoms with Gasteiger partial charge in [-0.15, -0.1) is 0 Å². The highest BCUT2D eigenvalue weighted by atomic mass is 35.5. The summed E-state index contributed by atoms with van der Waals surface area (Å²) in [5.41, 5.74) is 6.10. The number of hydrogen-bond acceptors (Lipinski definition) is 5. The van der Waals surface area contributed by atoms with Gasteiger partial charge >= 0.3 is 0 Å². The molecule has 0 aliphatic carbocycles. The first-order chi connectivity index (χ1) is 18.6. The van der Waals surface area contributed by atoms with Crippen molar-refractivity contribution in [2.45, 2.75) is 26.6 Å². The van der Waals surface area contributed by atoms with Crippen LogP contribution in [0.4, 0.5) is 0 Å². The van der Waals surface area contributed by atoms with Crippen molar-refractivity contribution in [3.63, 3.8) is 0 Å². The number of halogens is 1. The second-order valence-corrected chi connectivity index (χ2v) is 8.85. The Balaban J connectivity index is 1.39. The van der Waals surface area contributed by atoms with Gasteiger partial charge in [-0.25, -0.2) is 5.43 Å². The van der Waals surface area contributed by atoms with Crippen LogP contribution >= 0.6 is 11.6 Å². The zero-order chi connectivity index (χ0) is 26.6. The van der Waals surface area contributed by atoms with Crippen molar-refractivity contribution in [2.24, 2.45) is 5.10 Å². The zero-order valence-corrected chi connectivity index (χ0v) is 21.9. The number of ether oxygens (including phenoxy) is 3. The van der Waals surface area contributed by atoms with Crippen molar-refractivity contribution in [1.29, 1.82) is 0 Å². The number of benzene rings is 4. The third-order valence-electron chi connectivity index (χ3n) is 5.51. The first kappa shape index (κ1) is 26.8. The number of nitrogens with zero attached hydrogens (tertiary/aromatic N) is 1. The number of hydrogen-bond donors (Lipinski definition) is 1. The molecule has 0 saturated carbocycles. The van der Waals surface area contributed by atoms with Crippen LogP contribution in [-0.2, 0) is 24.4 Å². The highest BCUT2D eigenvalue weighted by molar-refractivity contribution is 6.30. The van der Waals surface area contributed by atoms with Crippen LogP contribution in [0.1, 0.15) is 29.2 Å². The van der Waals surface area contributed by atoms with Crippen molar-refractivity contribution >= 4 is 23.7 Å². The van der Waals surface area contributed by atoms with E-state index in [0.29, 0.717) is 47.7 Å². The third-order valence-corrected chi connectivity index (χ3v) is 5.75. The SMILES string of the molecule is CCOc1cc(COc2ccc(Cl)cc2/C=N/NC(=O)Cc2ccccc2)ccc1OCc1ccccc1. The van der Waals surface area contributed by atoms with Gasteiger partial charge in [0.05, 0.1) is 19.2 Å². The smallest absolute Gasteiger partial charge is 0.244 e. The monoisotopic (exact) mass is 528 g/mol. The lowest BCUT2D eigenvalue weighted by molar-refractivity contribution is -0.120. The molecule has 0 aliphatic heterocycles. The fraction of sp³-hybridized carbons (Fsp3) is 0.161. The van der Waals surface area contributed by atoms with Crippen LogP contribution < -0.4 is 19.6 Å². The van der Waals surface area contributed by atoms with E-state index >= 15 is 0 Å². The van der Waals surface area contributed by atoms with Gasteiger partial charge in [-0.1, -0.05) is 78.3 Å². The summed E-state index contributed by atoms with van der Waals surface area (Å²) >= 11 is 6.19. The lowest BCUT2D eigenvalue weighted by Gasteiger charge is -2.14. The van der Waals surface area contributed by atoms with Crippen molar-refractivity contribution in [3.8, 4) is 17.2 Å². The normalized spacial score (nSPS) is 10.8. The second-order valence-electron chi connectivity index (χ2n) is 8.41. The molecule has 7 heteroatoms. The summed E-state index contributed by atoms with van der Waals surface area (Å²) in [6.45, 7) is 3.19. The minimum atomic E-state index is -0.213. The van der Waals surface area contributed by atoms with E-state index in [-0.39, 0.29) is 12.3 Å². The summed E-state index contributed by atoms with van der Waals surface area (Å²) < 4.78 is 17.9. The van der Waals surface area contributed by atoms with Gasteiger partial charge in [-0.05, 0) is 53.9 Å². The molecule has 0 aliphatic rings. The standard InChI is InChI=1S/C31H29ClN2O4/c1-2-36-30-17-25(13-15-29(30)38-21-24-11-7-4-8-12-24)22-37-28-16-14-27(32)19-26(28)20-33-34-31(35)18-23-9-5-3-6-10-23/h3-17,19-20H,2,18,21-22H2,1H3,(H,34,35)/b33-20+. The van der Waals surface area contributed by atoms with E-state index < -0.39 is 0 Å². The predicted molar refractivity (Wildman–Crippen MR) is 150 cm³/mol. The van der Waals surface area contributed by atoms with E-state index in [2.05, 4.69) is 10.5 Å². The summed E-state index contributed by atoms with van der Waals surface area (Å²) in [7, 11) is 0. The van der Waals surface area contributed by atoms with E-state index in [0.717, 1.165) is 16.7 Å². The summed E-state index contributed by atoms with van der Waals surface area (Å²) in [6, 6.07) is 30.5. The number of amides is 1. The first-order valence-corrected chi connectivity index (χ1v) is 12.7. The van der Waals surface area contributed by atoms with Crippen molar-refractivity contribution in [1.82, 2.24) is 5.43 Å². The van der Waals surface area contributed by atoms with E-state index in [1.165, 1.54) is 6.21 Å². The maximum absolute atomic E-state index is 12.2. The molecule has 0 heterocycles. The van der Waals surface area contributed by atoms with Crippen LogP contribution in [0, 0.1) is 0 Å². The van der Waals surface area contributed by atoms with Crippen molar-refractivity contribution in [2.75, 3.05) is 6.61 Å². The topological polar surface area (TPSA) is 69.2 Å². The molecule has 6 nitrogen and oxygen atoms in total. The van der Waals surface area contributed by atoms with Gasteiger partial charge in [0.2, 0.25) is 5.91 Å². The first-order valence-electron chi connectivity index (χ1n) is 12.3. The molecule has 1 N–H and O–H groups in total. The molecule has 4 rings (SSSR count). The molecule has 4 aromatic rings. The molecular weight excluding hydrogens is 500 g/mol. The van der Waals surface area contributed by atoms with Gasteiger partial charge < -0.3 is 14.2 Å². The predicted octanol–water partition coefficient (Wildman–Crippen LogP) is 6.59. The molecule has 0 unspecified atom stereocenters. The molecule has 0 radical (unpaired) electrons. The zero-order valence-electron chi connectivity index (χ0n) is 21.1. The lowest BCUT2D eigenvalue weighted by Crippen LogP contribution is -2.19. The molecule has 0 atom stereocenters. The molecule has 0 saturated heterocycles. The van der Waals surface area contributed by atoms with Crippen LogP contribution in [0.5, 0.6) is 17.2 Å². The number of hydrazone groups is 1. The van der Waals surface area contributed by atoms with E-state index in [1.54, 1.807) is 18.2 Å². The Labute approximate surface area is 227 Å². The van der Waals surface area contributed by atoms with Gasteiger partial charge in [0.1, 0.15) is 19.0 Å². The lowest BCUT2D eigenvalue weighted by atomic mass is 10.1. The minimum Gasteiger partial charge on any atom is -0.490 e.